The molecule has 29 heavy (non-hydrogen) atoms. The fraction of sp³-hybridized carbons (Fsp3) is 0.619. The summed E-state index contributed by atoms with van der Waals surface area (Å²) >= 11 is 0. The number of nitrogens with one attached hydrogen (secondary N) is 1. The number of amides is 2. The summed E-state index contributed by atoms with van der Waals surface area (Å²) in [5.74, 6) is -0.507. The van der Waals surface area contributed by atoms with Gasteiger partial charge in [0.15, 0.2) is 0 Å². The van der Waals surface area contributed by atoms with Gasteiger partial charge in [0.25, 0.3) is 0 Å². The van der Waals surface area contributed by atoms with Gasteiger partial charge < -0.3 is 10.2 Å². The lowest BCUT2D eigenvalue weighted by Gasteiger charge is -2.33. The minimum absolute atomic E-state index is 0.0233. The molecule has 2 amide bonds. The number of carbonyl (C=O) groups excluding carboxylic acids is 2. The predicted molar refractivity (Wildman–Crippen MR) is 113 cm³/mol. The van der Waals surface area contributed by atoms with E-state index in [1.54, 1.807) is 17.0 Å². The van der Waals surface area contributed by atoms with Crippen molar-refractivity contribution in [1.82, 2.24) is 14.5 Å². The number of hydrogen-bond acceptors (Lipinski definition) is 4. The third-order valence-electron chi connectivity index (χ3n) is 5.40. The van der Waals surface area contributed by atoms with Crippen LogP contribution in [0.2, 0.25) is 0 Å². The number of benzene rings is 1. The molecule has 162 valence electrons. The summed E-state index contributed by atoms with van der Waals surface area (Å²) in [6.45, 7) is 10.5. The lowest BCUT2D eigenvalue weighted by atomic mass is 9.96. The summed E-state index contributed by atoms with van der Waals surface area (Å²) in [4.78, 5) is 26.7. The SMILES string of the molecule is CCN(CC(=O)NC(C)C)C(=O)C1CCN(S(=O)(=O)c2ccc(C)c(C)c2)CC1. The van der Waals surface area contributed by atoms with Gasteiger partial charge in [-0.15, -0.1) is 0 Å². The molecule has 1 heterocycles. The molecule has 1 aliphatic heterocycles. The van der Waals surface area contributed by atoms with E-state index in [1.807, 2.05) is 40.7 Å². The molecule has 1 fully saturated rings. The fourth-order valence-electron chi connectivity index (χ4n) is 3.51. The number of hydrogen-bond donors (Lipinski definition) is 1. The summed E-state index contributed by atoms with van der Waals surface area (Å²) in [6, 6.07) is 5.18. The van der Waals surface area contributed by atoms with E-state index in [0.717, 1.165) is 11.1 Å². The van der Waals surface area contributed by atoms with Gasteiger partial charge in [-0.1, -0.05) is 6.07 Å². The summed E-state index contributed by atoms with van der Waals surface area (Å²) in [5, 5.41) is 2.80. The number of piperidine rings is 1. The fourth-order valence-corrected chi connectivity index (χ4v) is 5.07. The Morgan fingerprint density at radius 2 is 1.79 bits per heavy atom. The van der Waals surface area contributed by atoms with Crippen LogP contribution in [-0.2, 0) is 19.6 Å². The molecule has 1 N–H and O–H groups in total. The summed E-state index contributed by atoms with van der Waals surface area (Å²) in [7, 11) is -3.56. The van der Waals surface area contributed by atoms with Crippen LogP contribution in [0.15, 0.2) is 23.1 Å². The van der Waals surface area contributed by atoms with E-state index in [4.69, 9.17) is 0 Å². The molecule has 7 nitrogen and oxygen atoms in total. The van der Waals surface area contributed by atoms with Crippen LogP contribution in [0.25, 0.3) is 0 Å². The molecule has 0 aromatic heterocycles. The zero-order chi connectivity index (χ0) is 21.8. The van der Waals surface area contributed by atoms with Gasteiger partial charge in [-0.25, -0.2) is 8.42 Å². The van der Waals surface area contributed by atoms with Crippen LogP contribution in [-0.4, -0.2) is 61.7 Å². The smallest absolute Gasteiger partial charge is 0.243 e. The molecular formula is C21H33N3O4S. The van der Waals surface area contributed by atoms with Crippen LogP contribution < -0.4 is 5.32 Å². The zero-order valence-electron chi connectivity index (χ0n) is 18.1. The Morgan fingerprint density at radius 1 is 1.17 bits per heavy atom. The first-order valence-corrected chi connectivity index (χ1v) is 11.7. The zero-order valence-corrected chi connectivity index (χ0v) is 18.9. The number of rotatable bonds is 7. The molecule has 8 heteroatoms. The van der Waals surface area contributed by atoms with Crippen molar-refractivity contribution in [2.24, 2.45) is 5.92 Å². The Labute approximate surface area is 174 Å². The Balaban J connectivity index is 2.00. The number of nitrogens with zero attached hydrogens (tertiary/aromatic N) is 2. The molecule has 1 aromatic rings. The summed E-state index contributed by atoms with van der Waals surface area (Å²) in [5.41, 5.74) is 1.99. The molecule has 0 spiro atoms. The van der Waals surface area contributed by atoms with Gasteiger partial charge in [0.1, 0.15) is 0 Å². The van der Waals surface area contributed by atoms with E-state index in [2.05, 4.69) is 5.32 Å². The van der Waals surface area contributed by atoms with E-state index in [0.29, 0.717) is 37.4 Å². The Morgan fingerprint density at radius 3 is 2.31 bits per heavy atom. The van der Waals surface area contributed by atoms with Crippen molar-refractivity contribution in [3.63, 3.8) is 0 Å². The second-order valence-electron chi connectivity index (χ2n) is 8.00. The number of carbonyl (C=O) groups is 2. The van der Waals surface area contributed by atoms with Crippen molar-refractivity contribution >= 4 is 21.8 Å². The lowest BCUT2D eigenvalue weighted by molar-refractivity contribution is -0.140. The van der Waals surface area contributed by atoms with Gasteiger partial charge in [-0.3, -0.25) is 9.59 Å². The molecule has 0 aliphatic carbocycles. The van der Waals surface area contributed by atoms with Gasteiger partial charge in [0.2, 0.25) is 21.8 Å². The minimum Gasteiger partial charge on any atom is -0.352 e. The monoisotopic (exact) mass is 423 g/mol. The topological polar surface area (TPSA) is 86.8 Å². The van der Waals surface area contributed by atoms with E-state index < -0.39 is 10.0 Å². The average Bonchev–Trinajstić information content (AvgIpc) is 2.67. The lowest BCUT2D eigenvalue weighted by Crippen LogP contribution is -2.47. The van der Waals surface area contributed by atoms with E-state index in [1.165, 1.54) is 4.31 Å². The Kier molecular flexibility index (Phi) is 7.82. The highest BCUT2D eigenvalue weighted by molar-refractivity contribution is 7.89. The Bertz CT molecular complexity index is 843. The quantitative estimate of drug-likeness (QED) is 0.727. The molecule has 1 aliphatic rings. The maximum Gasteiger partial charge on any atom is 0.243 e. The van der Waals surface area contributed by atoms with Crippen molar-refractivity contribution in [2.45, 2.75) is 58.4 Å². The molecule has 1 saturated heterocycles. The highest BCUT2D eigenvalue weighted by atomic mass is 32.2. The largest absolute Gasteiger partial charge is 0.352 e. The minimum atomic E-state index is -3.56. The molecule has 0 radical (unpaired) electrons. The molecule has 0 unspecified atom stereocenters. The van der Waals surface area contributed by atoms with Crippen molar-refractivity contribution in [3.8, 4) is 0 Å². The van der Waals surface area contributed by atoms with Gasteiger partial charge in [0, 0.05) is 31.6 Å². The van der Waals surface area contributed by atoms with Crippen molar-refractivity contribution in [2.75, 3.05) is 26.2 Å². The highest BCUT2D eigenvalue weighted by Gasteiger charge is 2.34. The number of aryl methyl sites for hydroxylation is 2. The summed E-state index contributed by atoms with van der Waals surface area (Å²) < 4.78 is 27.3. The second-order valence-corrected chi connectivity index (χ2v) is 9.94. The molecule has 0 saturated carbocycles. The normalized spacial score (nSPS) is 16.1. The molecule has 2 rings (SSSR count). The first-order valence-electron chi connectivity index (χ1n) is 10.2. The Hall–Kier alpha value is -1.93. The third kappa shape index (κ3) is 5.79. The van der Waals surface area contributed by atoms with Crippen LogP contribution >= 0.6 is 0 Å². The highest BCUT2D eigenvalue weighted by Crippen LogP contribution is 2.26. The number of likely N-dealkylation sites (N-methyl/N-ethyl adjacent to an activating group) is 1. The van der Waals surface area contributed by atoms with Gasteiger partial charge >= 0.3 is 0 Å². The number of sulfonamides is 1. The van der Waals surface area contributed by atoms with Crippen molar-refractivity contribution in [3.05, 3.63) is 29.3 Å². The predicted octanol–water partition coefficient (Wildman–Crippen LogP) is 2.08. The van der Waals surface area contributed by atoms with Crippen LogP contribution in [0.1, 0.15) is 44.7 Å². The van der Waals surface area contributed by atoms with E-state index in [-0.39, 0.29) is 30.3 Å². The summed E-state index contributed by atoms with van der Waals surface area (Å²) in [6.07, 6.45) is 0.927. The molecule has 0 atom stereocenters. The van der Waals surface area contributed by atoms with Gasteiger partial charge in [-0.05, 0) is 70.7 Å². The maximum atomic E-state index is 12.9. The standard InChI is InChI=1S/C21H33N3O4S/c1-6-23(14-20(25)22-15(2)3)21(26)18-9-11-24(12-10-18)29(27,28)19-8-7-16(4)17(5)13-19/h7-8,13,15,18H,6,9-12,14H2,1-5H3,(H,22,25). The first-order chi connectivity index (χ1) is 13.6. The molecule has 0 bridgehead atoms. The van der Waals surface area contributed by atoms with E-state index in [9.17, 15) is 18.0 Å². The van der Waals surface area contributed by atoms with Gasteiger partial charge in [-0.2, -0.15) is 4.31 Å². The van der Waals surface area contributed by atoms with Crippen molar-refractivity contribution in [1.29, 1.82) is 0 Å². The third-order valence-corrected chi connectivity index (χ3v) is 7.29. The molecule has 1 aromatic carbocycles. The molecular weight excluding hydrogens is 390 g/mol. The van der Waals surface area contributed by atoms with Crippen LogP contribution in [0, 0.1) is 19.8 Å². The van der Waals surface area contributed by atoms with Crippen LogP contribution in [0.5, 0.6) is 0 Å². The average molecular weight is 424 g/mol. The first kappa shape index (κ1) is 23.3. The van der Waals surface area contributed by atoms with E-state index >= 15 is 0 Å². The van der Waals surface area contributed by atoms with Crippen LogP contribution in [0.3, 0.4) is 0 Å². The second kappa shape index (κ2) is 9.71. The van der Waals surface area contributed by atoms with Gasteiger partial charge in [0.05, 0.1) is 11.4 Å². The van der Waals surface area contributed by atoms with Crippen LogP contribution in [0.4, 0.5) is 0 Å². The maximum absolute atomic E-state index is 12.9. The van der Waals surface area contributed by atoms with Crippen molar-refractivity contribution < 1.29 is 18.0 Å².